The highest BCUT2D eigenvalue weighted by atomic mass is 16.3. The fraction of sp³-hybridized carbons (Fsp3) is 0.800. The molecule has 0 heterocycles. The Bertz CT molecular complexity index is 385. The summed E-state index contributed by atoms with van der Waals surface area (Å²) in [5.41, 5.74) is 1.60. The van der Waals surface area contributed by atoms with Crippen LogP contribution in [0.3, 0.4) is 0 Å². The summed E-state index contributed by atoms with van der Waals surface area (Å²) < 4.78 is 0. The van der Waals surface area contributed by atoms with E-state index < -0.39 is 0 Å². The summed E-state index contributed by atoms with van der Waals surface area (Å²) in [7, 11) is 0. The molecule has 2 aliphatic carbocycles. The van der Waals surface area contributed by atoms with E-state index in [0.717, 1.165) is 25.7 Å². The Kier molecular flexibility index (Phi) is 7.17. The molecule has 0 aromatic carbocycles. The maximum absolute atomic E-state index is 10.3. The van der Waals surface area contributed by atoms with Crippen molar-refractivity contribution in [2.45, 2.75) is 83.8 Å². The third kappa shape index (κ3) is 4.70. The first kappa shape index (κ1) is 17.7. The first-order chi connectivity index (χ1) is 10.7. The highest BCUT2D eigenvalue weighted by molar-refractivity contribution is 5.17. The molecule has 0 radical (unpaired) electrons. The van der Waals surface area contributed by atoms with Gasteiger partial charge in [0.15, 0.2) is 0 Å². The number of fused-ring (bicyclic) bond motifs is 1. The molecule has 0 unspecified atom stereocenters. The van der Waals surface area contributed by atoms with Gasteiger partial charge in [-0.1, -0.05) is 63.3 Å². The topological polar surface area (TPSA) is 40.5 Å². The van der Waals surface area contributed by atoms with Gasteiger partial charge in [-0.25, -0.2) is 0 Å². The number of hydrogen-bond acceptors (Lipinski definition) is 2. The minimum atomic E-state index is -0.339. The Morgan fingerprint density at radius 2 is 2.00 bits per heavy atom. The van der Waals surface area contributed by atoms with Crippen LogP contribution in [0.25, 0.3) is 0 Å². The molecule has 2 rings (SSSR count). The lowest BCUT2D eigenvalue weighted by molar-refractivity contribution is 0.139. The second-order valence-electron chi connectivity index (χ2n) is 7.31. The quantitative estimate of drug-likeness (QED) is 0.507. The van der Waals surface area contributed by atoms with Crippen LogP contribution < -0.4 is 0 Å². The van der Waals surface area contributed by atoms with Crippen LogP contribution in [0.1, 0.15) is 71.6 Å². The summed E-state index contributed by atoms with van der Waals surface area (Å²) in [5, 5.41) is 20.4. The summed E-state index contributed by atoms with van der Waals surface area (Å²) in [6.45, 7) is 4.41. The summed E-state index contributed by atoms with van der Waals surface area (Å²) in [6.07, 6.45) is 15.9. The maximum Gasteiger partial charge on any atom is 0.0721 e. The number of aliphatic hydroxyl groups excluding tert-OH is 2. The molecule has 0 amide bonds. The van der Waals surface area contributed by atoms with Crippen LogP contribution in [0, 0.1) is 17.8 Å². The van der Waals surface area contributed by atoms with Gasteiger partial charge in [-0.05, 0) is 43.9 Å². The van der Waals surface area contributed by atoms with Crippen molar-refractivity contribution in [3.8, 4) is 0 Å². The largest absolute Gasteiger partial charge is 0.392 e. The zero-order valence-electron chi connectivity index (χ0n) is 14.4. The summed E-state index contributed by atoms with van der Waals surface area (Å²) in [4.78, 5) is 0. The van der Waals surface area contributed by atoms with Crippen molar-refractivity contribution >= 4 is 0 Å². The summed E-state index contributed by atoms with van der Waals surface area (Å²) in [6, 6.07) is 0. The molecular weight excluding hydrogens is 272 g/mol. The van der Waals surface area contributed by atoms with Crippen LogP contribution in [-0.2, 0) is 0 Å². The van der Waals surface area contributed by atoms with Gasteiger partial charge in [0.05, 0.1) is 12.2 Å². The van der Waals surface area contributed by atoms with E-state index >= 15 is 0 Å². The lowest BCUT2D eigenvalue weighted by atomic mass is 9.90. The van der Waals surface area contributed by atoms with Crippen molar-refractivity contribution in [3.05, 3.63) is 23.8 Å². The zero-order valence-corrected chi connectivity index (χ0v) is 14.4. The van der Waals surface area contributed by atoms with Gasteiger partial charge >= 0.3 is 0 Å². The molecule has 0 aromatic rings. The fourth-order valence-electron chi connectivity index (χ4n) is 4.24. The monoisotopic (exact) mass is 306 g/mol. The van der Waals surface area contributed by atoms with Crippen molar-refractivity contribution in [2.75, 3.05) is 0 Å². The van der Waals surface area contributed by atoms with Gasteiger partial charge in [0.2, 0.25) is 0 Å². The molecule has 2 heteroatoms. The molecule has 2 N–H and O–H groups in total. The van der Waals surface area contributed by atoms with Gasteiger partial charge in [0, 0.05) is 5.92 Å². The highest BCUT2D eigenvalue weighted by Gasteiger charge is 2.44. The van der Waals surface area contributed by atoms with E-state index in [1.165, 1.54) is 32.1 Å². The SMILES string of the molecule is CCCC=C1C[C@H]2C[C@@H](O)[C@H](C=C[C@@H](O)CCCCC)[C@H]2C1. The van der Waals surface area contributed by atoms with E-state index in [9.17, 15) is 10.2 Å². The molecule has 2 fully saturated rings. The third-order valence-corrected chi connectivity index (χ3v) is 5.49. The summed E-state index contributed by atoms with van der Waals surface area (Å²) >= 11 is 0. The molecule has 0 aliphatic heterocycles. The Labute approximate surface area is 136 Å². The smallest absolute Gasteiger partial charge is 0.0721 e. The molecule has 2 nitrogen and oxygen atoms in total. The number of rotatable bonds is 8. The summed E-state index contributed by atoms with van der Waals surface area (Å²) in [5.74, 6) is 1.50. The Morgan fingerprint density at radius 3 is 2.73 bits per heavy atom. The van der Waals surface area contributed by atoms with Crippen LogP contribution in [-0.4, -0.2) is 22.4 Å². The van der Waals surface area contributed by atoms with Crippen LogP contribution in [0.2, 0.25) is 0 Å². The van der Waals surface area contributed by atoms with E-state index in [1.54, 1.807) is 5.57 Å². The van der Waals surface area contributed by atoms with Gasteiger partial charge in [0.1, 0.15) is 0 Å². The number of aliphatic hydroxyl groups is 2. The van der Waals surface area contributed by atoms with Crippen molar-refractivity contribution in [3.63, 3.8) is 0 Å². The van der Waals surface area contributed by atoms with Crippen LogP contribution >= 0.6 is 0 Å². The van der Waals surface area contributed by atoms with Crippen molar-refractivity contribution in [1.82, 2.24) is 0 Å². The molecule has 0 aromatic heterocycles. The van der Waals surface area contributed by atoms with Gasteiger partial charge in [-0.15, -0.1) is 0 Å². The lowest BCUT2D eigenvalue weighted by Gasteiger charge is -2.17. The average Bonchev–Trinajstić information content (AvgIpc) is 3.00. The van der Waals surface area contributed by atoms with E-state index in [-0.39, 0.29) is 18.1 Å². The number of hydrogen-bond donors (Lipinski definition) is 2. The Balaban J connectivity index is 1.87. The molecular formula is C20H34O2. The highest BCUT2D eigenvalue weighted by Crippen LogP contribution is 2.50. The first-order valence-corrected chi connectivity index (χ1v) is 9.38. The second-order valence-corrected chi connectivity index (χ2v) is 7.31. The fourth-order valence-corrected chi connectivity index (χ4v) is 4.24. The molecule has 0 saturated heterocycles. The van der Waals surface area contributed by atoms with Gasteiger partial charge in [-0.2, -0.15) is 0 Å². The normalized spacial score (nSPS) is 34.6. The Morgan fingerprint density at radius 1 is 1.18 bits per heavy atom. The van der Waals surface area contributed by atoms with Crippen LogP contribution in [0.5, 0.6) is 0 Å². The molecule has 2 aliphatic rings. The number of unbranched alkanes of at least 4 members (excludes halogenated alkanes) is 3. The lowest BCUT2D eigenvalue weighted by Crippen LogP contribution is -2.17. The minimum Gasteiger partial charge on any atom is -0.392 e. The second kappa shape index (κ2) is 8.88. The van der Waals surface area contributed by atoms with Gasteiger partial charge in [0.25, 0.3) is 0 Å². The average molecular weight is 306 g/mol. The number of allylic oxidation sites excluding steroid dienone is 2. The van der Waals surface area contributed by atoms with Crippen LogP contribution in [0.15, 0.2) is 23.8 Å². The van der Waals surface area contributed by atoms with Crippen molar-refractivity contribution in [1.29, 1.82) is 0 Å². The predicted octanol–water partition coefficient (Wildman–Crippen LogP) is 4.62. The minimum absolute atomic E-state index is 0.207. The molecule has 126 valence electrons. The van der Waals surface area contributed by atoms with Crippen LogP contribution in [0.4, 0.5) is 0 Å². The van der Waals surface area contributed by atoms with E-state index in [2.05, 4.69) is 26.0 Å². The standard InChI is InChI=1S/C20H34O2/c1-3-5-7-9-17(21)10-11-18-19-13-15(8-6-4-2)12-16(19)14-20(18)22/h8,10-11,16-22H,3-7,9,12-14H2,1-2H3/t16-,17-,18+,19-,20+/m0/s1. The van der Waals surface area contributed by atoms with E-state index in [4.69, 9.17) is 0 Å². The molecule has 0 bridgehead atoms. The van der Waals surface area contributed by atoms with E-state index in [1.807, 2.05) is 6.08 Å². The van der Waals surface area contributed by atoms with Crippen molar-refractivity contribution < 1.29 is 10.2 Å². The van der Waals surface area contributed by atoms with E-state index in [0.29, 0.717) is 11.8 Å². The molecule has 0 spiro atoms. The van der Waals surface area contributed by atoms with Crippen molar-refractivity contribution in [2.24, 2.45) is 17.8 Å². The maximum atomic E-state index is 10.3. The molecule has 5 atom stereocenters. The Hall–Kier alpha value is -0.600. The predicted molar refractivity (Wildman–Crippen MR) is 92.6 cm³/mol. The first-order valence-electron chi connectivity index (χ1n) is 9.38. The third-order valence-electron chi connectivity index (χ3n) is 5.49. The molecule has 22 heavy (non-hydrogen) atoms. The van der Waals surface area contributed by atoms with Gasteiger partial charge < -0.3 is 10.2 Å². The molecule has 2 saturated carbocycles. The zero-order chi connectivity index (χ0) is 15.9. The van der Waals surface area contributed by atoms with Gasteiger partial charge in [-0.3, -0.25) is 0 Å².